The molecular formula is C17H26N2O2. The Morgan fingerprint density at radius 2 is 2.14 bits per heavy atom. The van der Waals surface area contributed by atoms with E-state index in [2.05, 4.69) is 5.32 Å². The monoisotopic (exact) mass is 290 g/mol. The minimum atomic E-state index is -0.0537. The van der Waals surface area contributed by atoms with Crippen LogP contribution in [0.3, 0.4) is 0 Å². The number of benzene rings is 1. The molecule has 1 amide bonds. The van der Waals surface area contributed by atoms with Gasteiger partial charge in [-0.05, 0) is 50.8 Å². The first-order valence-electron chi connectivity index (χ1n) is 7.86. The van der Waals surface area contributed by atoms with Crippen molar-refractivity contribution in [3.05, 3.63) is 29.8 Å². The SMILES string of the molecule is CC(C)Oc1cccc(C(=O)NCC2CCCCC2N)c1. The summed E-state index contributed by atoms with van der Waals surface area (Å²) in [6.07, 6.45) is 4.70. The van der Waals surface area contributed by atoms with Gasteiger partial charge in [0, 0.05) is 18.2 Å². The van der Waals surface area contributed by atoms with E-state index in [0.717, 1.165) is 18.6 Å². The van der Waals surface area contributed by atoms with E-state index >= 15 is 0 Å². The molecule has 1 saturated carbocycles. The van der Waals surface area contributed by atoms with E-state index in [1.807, 2.05) is 32.0 Å². The van der Waals surface area contributed by atoms with Crippen LogP contribution in [0.4, 0.5) is 0 Å². The van der Waals surface area contributed by atoms with Crippen molar-refractivity contribution in [2.24, 2.45) is 11.7 Å². The van der Waals surface area contributed by atoms with E-state index in [1.54, 1.807) is 6.07 Å². The van der Waals surface area contributed by atoms with Crippen molar-refractivity contribution >= 4 is 5.91 Å². The second kappa shape index (κ2) is 7.46. The number of amides is 1. The van der Waals surface area contributed by atoms with Crippen molar-refractivity contribution in [1.82, 2.24) is 5.32 Å². The van der Waals surface area contributed by atoms with Crippen LogP contribution < -0.4 is 15.8 Å². The quantitative estimate of drug-likeness (QED) is 0.876. The number of nitrogens with one attached hydrogen (secondary N) is 1. The normalized spacial score (nSPS) is 22.1. The molecule has 116 valence electrons. The summed E-state index contributed by atoms with van der Waals surface area (Å²) >= 11 is 0. The topological polar surface area (TPSA) is 64.3 Å². The van der Waals surface area contributed by atoms with Gasteiger partial charge in [-0.15, -0.1) is 0 Å². The summed E-state index contributed by atoms with van der Waals surface area (Å²) in [6, 6.07) is 7.53. The van der Waals surface area contributed by atoms with E-state index in [1.165, 1.54) is 12.8 Å². The smallest absolute Gasteiger partial charge is 0.251 e. The summed E-state index contributed by atoms with van der Waals surface area (Å²) in [5.74, 6) is 1.08. The van der Waals surface area contributed by atoms with Crippen LogP contribution in [-0.4, -0.2) is 24.6 Å². The third kappa shape index (κ3) is 4.74. The molecule has 0 spiro atoms. The number of rotatable bonds is 5. The second-order valence-corrected chi connectivity index (χ2v) is 6.11. The third-order valence-corrected chi connectivity index (χ3v) is 3.96. The van der Waals surface area contributed by atoms with E-state index < -0.39 is 0 Å². The summed E-state index contributed by atoms with van der Waals surface area (Å²) in [6.45, 7) is 4.60. The maximum absolute atomic E-state index is 12.2. The van der Waals surface area contributed by atoms with E-state index in [4.69, 9.17) is 10.5 Å². The lowest BCUT2D eigenvalue weighted by molar-refractivity contribution is 0.0940. The maximum atomic E-state index is 12.2. The van der Waals surface area contributed by atoms with Crippen molar-refractivity contribution in [3.8, 4) is 5.75 Å². The Bertz CT molecular complexity index is 474. The summed E-state index contributed by atoms with van der Waals surface area (Å²) in [7, 11) is 0. The lowest BCUT2D eigenvalue weighted by Crippen LogP contribution is -2.41. The Morgan fingerprint density at radius 3 is 2.86 bits per heavy atom. The Morgan fingerprint density at radius 1 is 1.38 bits per heavy atom. The molecule has 21 heavy (non-hydrogen) atoms. The zero-order chi connectivity index (χ0) is 15.2. The van der Waals surface area contributed by atoms with Crippen LogP contribution in [0.1, 0.15) is 49.9 Å². The fourth-order valence-corrected chi connectivity index (χ4v) is 2.80. The number of hydrogen-bond acceptors (Lipinski definition) is 3. The Balaban J connectivity index is 1.90. The van der Waals surface area contributed by atoms with Crippen molar-refractivity contribution in [2.45, 2.75) is 51.7 Å². The molecule has 0 aliphatic heterocycles. The molecule has 1 aromatic rings. The van der Waals surface area contributed by atoms with Gasteiger partial charge in [0.25, 0.3) is 5.91 Å². The minimum Gasteiger partial charge on any atom is -0.491 e. The number of carbonyl (C=O) groups excluding carboxylic acids is 1. The fourth-order valence-electron chi connectivity index (χ4n) is 2.80. The van der Waals surface area contributed by atoms with Crippen molar-refractivity contribution < 1.29 is 9.53 Å². The molecule has 0 radical (unpaired) electrons. The highest BCUT2D eigenvalue weighted by Gasteiger charge is 2.22. The largest absolute Gasteiger partial charge is 0.491 e. The first kappa shape index (κ1) is 15.8. The molecule has 1 aliphatic carbocycles. The molecule has 1 aliphatic rings. The molecule has 3 N–H and O–H groups in total. The summed E-state index contributed by atoms with van der Waals surface area (Å²) in [4.78, 5) is 12.2. The average Bonchev–Trinajstić information content (AvgIpc) is 2.45. The average molecular weight is 290 g/mol. The molecular weight excluding hydrogens is 264 g/mol. The van der Waals surface area contributed by atoms with Crippen LogP contribution in [0.2, 0.25) is 0 Å². The number of ether oxygens (including phenoxy) is 1. The van der Waals surface area contributed by atoms with Crippen molar-refractivity contribution in [2.75, 3.05) is 6.54 Å². The second-order valence-electron chi connectivity index (χ2n) is 6.11. The summed E-state index contributed by atoms with van der Waals surface area (Å²) in [5.41, 5.74) is 6.75. The number of carbonyl (C=O) groups is 1. The maximum Gasteiger partial charge on any atom is 0.251 e. The predicted molar refractivity (Wildman–Crippen MR) is 84.5 cm³/mol. The number of hydrogen-bond donors (Lipinski definition) is 2. The van der Waals surface area contributed by atoms with Gasteiger partial charge in [-0.1, -0.05) is 18.9 Å². The summed E-state index contributed by atoms with van der Waals surface area (Å²) in [5, 5.41) is 3.01. The van der Waals surface area contributed by atoms with Crippen LogP contribution in [0.5, 0.6) is 5.75 Å². The van der Waals surface area contributed by atoms with Crippen LogP contribution >= 0.6 is 0 Å². The molecule has 0 aromatic heterocycles. The molecule has 0 heterocycles. The van der Waals surface area contributed by atoms with Gasteiger partial charge in [0.15, 0.2) is 0 Å². The van der Waals surface area contributed by atoms with Crippen molar-refractivity contribution in [3.63, 3.8) is 0 Å². The first-order valence-corrected chi connectivity index (χ1v) is 7.86. The van der Waals surface area contributed by atoms with Gasteiger partial charge >= 0.3 is 0 Å². The van der Waals surface area contributed by atoms with Gasteiger partial charge in [0.2, 0.25) is 0 Å². The van der Waals surface area contributed by atoms with E-state index in [0.29, 0.717) is 18.0 Å². The highest BCUT2D eigenvalue weighted by molar-refractivity contribution is 5.94. The Labute approximate surface area is 127 Å². The third-order valence-electron chi connectivity index (χ3n) is 3.96. The standard InChI is InChI=1S/C17H26N2O2/c1-12(2)21-15-8-5-7-13(10-15)17(20)19-11-14-6-3-4-9-16(14)18/h5,7-8,10,12,14,16H,3-4,6,9,11,18H2,1-2H3,(H,19,20). The zero-order valence-electron chi connectivity index (χ0n) is 13.0. The Kier molecular flexibility index (Phi) is 5.62. The highest BCUT2D eigenvalue weighted by atomic mass is 16.5. The van der Waals surface area contributed by atoms with Crippen LogP contribution in [0, 0.1) is 5.92 Å². The molecule has 0 saturated heterocycles. The predicted octanol–water partition coefficient (Wildman–Crippen LogP) is 2.72. The van der Waals surface area contributed by atoms with Gasteiger partial charge < -0.3 is 15.8 Å². The zero-order valence-corrected chi connectivity index (χ0v) is 13.0. The van der Waals surface area contributed by atoms with Gasteiger partial charge in [-0.3, -0.25) is 4.79 Å². The van der Waals surface area contributed by atoms with Crippen molar-refractivity contribution in [1.29, 1.82) is 0 Å². The molecule has 2 unspecified atom stereocenters. The van der Waals surface area contributed by atoms with Gasteiger partial charge in [-0.2, -0.15) is 0 Å². The first-order chi connectivity index (χ1) is 10.1. The highest BCUT2D eigenvalue weighted by Crippen LogP contribution is 2.22. The van der Waals surface area contributed by atoms with E-state index in [9.17, 15) is 4.79 Å². The molecule has 1 aromatic carbocycles. The van der Waals surface area contributed by atoms with Crippen LogP contribution in [-0.2, 0) is 0 Å². The molecule has 4 heteroatoms. The fraction of sp³-hybridized carbons (Fsp3) is 0.588. The molecule has 1 fully saturated rings. The van der Waals surface area contributed by atoms with Crippen LogP contribution in [0.15, 0.2) is 24.3 Å². The molecule has 0 bridgehead atoms. The molecule has 2 rings (SSSR count). The van der Waals surface area contributed by atoms with E-state index in [-0.39, 0.29) is 18.1 Å². The van der Waals surface area contributed by atoms with Crippen LogP contribution in [0.25, 0.3) is 0 Å². The van der Waals surface area contributed by atoms with Gasteiger partial charge in [0.05, 0.1) is 6.10 Å². The Hall–Kier alpha value is -1.55. The minimum absolute atomic E-state index is 0.0537. The molecule has 4 nitrogen and oxygen atoms in total. The molecule has 2 atom stereocenters. The lowest BCUT2D eigenvalue weighted by atomic mass is 9.85. The van der Waals surface area contributed by atoms with Gasteiger partial charge in [0.1, 0.15) is 5.75 Å². The van der Waals surface area contributed by atoms with Gasteiger partial charge in [-0.25, -0.2) is 0 Å². The summed E-state index contributed by atoms with van der Waals surface area (Å²) < 4.78 is 5.62. The lowest BCUT2D eigenvalue weighted by Gasteiger charge is -2.28. The number of nitrogens with two attached hydrogens (primary N) is 1.